The Labute approximate surface area is 225 Å². The van der Waals surface area contributed by atoms with E-state index in [1.54, 1.807) is 37.1 Å². The third kappa shape index (κ3) is 5.89. The van der Waals surface area contributed by atoms with Gasteiger partial charge in [-0.1, -0.05) is 0 Å². The summed E-state index contributed by atoms with van der Waals surface area (Å²) in [6, 6.07) is 5.46. The SMILES string of the molecule is CCNc1cc2c(cn1)c(-c1cnn(C[C@@H](O)C(C)(C)O)c1)nn2C1CCC(Oc2ccc(F)cc2F)CC1. The second kappa shape index (κ2) is 10.9. The Bertz CT molecular complexity index is 1440. The Hall–Kier alpha value is -3.57. The molecular formula is C28H34F2N6O3. The number of aromatic nitrogens is 5. The highest BCUT2D eigenvalue weighted by atomic mass is 19.1. The quantitative estimate of drug-likeness (QED) is 0.282. The lowest BCUT2D eigenvalue weighted by atomic mass is 9.93. The minimum atomic E-state index is -1.25. The molecule has 3 heterocycles. The molecule has 1 fully saturated rings. The van der Waals surface area contributed by atoms with Crippen molar-refractivity contribution in [2.24, 2.45) is 0 Å². The minimum absolute atomic E-state index is 0.0692. The van der Waals surface area contributed by atoms with Crippen molar-refractivity contribution in [1.82, 2.24) is 24.5 Å². The number of hydrogen-bond acceptors (Lipinski definition) is 7. The van der Waals surface area contributed by atoms with Gasteiger partial charge in [0.1, 0.15) is 23.4 Å². The lowest BCUT2D eigenvalue weighted by Crippen LogP contribution is -2.39. The molecular weight excluding hydrogens is 506 g/mol. The Morgan fingerprint density at radius 2 is 1.92 bits per heavy atom. The molecule has 0 saturated heterocycles. The number of nitrogens with zero attached hydrogens (tertiary/aromatic N) is 5. The average molecular weight is 541 g/mol. The summed E-state index contributed by atoms with van der Waals surface area (Å²) in [5.74, 6) is -0.501. The molecule has 0 radical (unpaired) electrons. The highest BCUT2D eigenvalue weighted by Crippen LogP contribution is 2.37. The van der Waals surface area contributed by atoms with Gasteiger partial charge in [0.2, 0.25) is 0 Å². The Balaban J connectivity index is 1.39. The van der Waals surface area contributed by atoms with E-state index in [1.165, 1.54) is 12.1 Å². The van der Waals surface area contributed by atoms with Crippen LogP contribution in [0.1, 0.15) is 52.5 Å². The fraction of sp³-hybridized carbons (Fsp3) is 0.464. The zero-order valence-corrected chi connectivity index (χ0v) is 22.3. The smallest absolute Gasteiger partial charge is 0.167 e. The maximum Gasteiger partial charge on any atom is 0.167 e. The first-order valence-corrected chi connectivity index (χ1v) is 13.3. The van der Waals surface area contributed by atoms with Gasteiger partial charge >= 0.3 is 0 Å². The fourth-order valence-electron chi connectivity index (χ4n) is 4.95. The van der Waals surface area contributed by atoms with E-state index in [-0.39, 0.29) is 24.4 Å². The molecule has 4 aromatic rings. The molecule has 1 aliphatic carbocycles. The highest BCUT2D eigenvalue weighted by molar-refractivity contribution is 5.93. The molecule has 11 heteroatoms. The molecule has 0 spiro atoms. The van der Waals surface area contributed by atoms with Gasteiger partial charge < -0.3 is 20.3 Å². The lowest BCUT2D eigenvalue weighted by Gasteiger charge is -2.29. The van der Waals surface area contributed by atoms with E-state index in [2.05, 4.69) is 15.4 Å². The van der Waals surface area contributed by atoms with Gasteiger partial charge in [-0.25, -0.2) is 13.8 Å². The molecule has 1 aromatic carbocycles. The van der Waals surface area contributed by atoms with Crippen molar-refractivity contribution in [3.63, 3.8) is 0 Å². The molecule has 3 aromatic heterocycles. The van der Waals surface area contributed by atoms with Crippen LogP contribution in [0.2, 0.25) is 0 Å². The van der Waals surface area contributed by atoms with Crippen LogP contribution < -0.4 is 10.1 Å². The van der Waals surface area contributed by atoms with Crippen molar-refractivity contribution < 1.29 is 23.7 Å². The predicted octanol–water partition coefficient (Wildman–Crippen LogP) is 4.70. The molecule has 0 bridgehead atoms. The monoisotopic (exact) mass is 540 g/mol. The molecule has 0 amide bonds. The summed E-state index contributed by atoms with van der Waals surface area (Å²) < 4.78 is 36.8. The number of rotatable bonds is 9. The van der Waals surface area contributed by atoms with Crippen molar-refractivity contribution in [1.29, 1.82) is 0 Å². The summed E-state index contributed by atoms with van der Waals surface area (Å²) in [4.78, 5) is 4.56. The summed E-state index contributed by atoms with van der Waals surface area (Å²) in [5, 5.41) is 33.9. The summed E-state index contributed by atoms with van der Waals surface area (Å²) in [7, 11) is 0. The molecule has 39 heavy (non-hydrogen) atoms. The topological polar surface area (TPSA) is 110 Å². The van der Waals surface area contributed by atoms with E-state index in [1.807, 2.05) is 17.7 Å². The first-order valence-electron chi connectivity index (χ1n) is 13.3. The second-order valence-electron chi connectivity index (χ2n) is 10.7. The number of pyridine rings is 1. The third-order valence-electron chi connectivity index (χ3n) is 7.21. The van der Waals surface area contributed by atoms with Gasteiger partial charge in [-0.15, -0.1) is 0 Å². The number of halogens is 2. The maximum absolute atomic E-state index is 14.1. The maximum atomic E-state index is 14.1. The molecule has 1 atom stereocenters. The van der Waals surface area contributed by atoms with Crippen molar-refractivity contribution in [3.8, 4) is 17.0 Å². The Morgan fingerprint density at radius 3 is 2.62 bits per heavy atom. The van der Waals surface area contributed by atoms with E-state index >= 15 is 0 Å². The molecule has 1 aliphatic rings. The number of benzene rings is 1. The van der Waals surface area contributed by atoms with E-state index in [4.69, 9.17) is 9.84 Å². The van der Waals surface area contributed by atoms with E-state index in [0.29, 0.717) is 12.8 Å². The Kier molecular flexibility index (Phi) is 7.55. The van der Waals surface area contributed by atoms with Crippen LogP contribution in [0.15, 0.2) is 42.9 Å². The first kappa shape index (κ1) is 27.0. The number of anilines is 1. The van der Waals surface area contributed by atoms with Crippen molar-refractivity contribution in [3.05, 3.63) is 54.5 Å². The van der Waals surface area contributed by atoms with Crippen LogP contribution in [0.25, 0.3) is 22.2 Å². The van der Waals surface area contributed by atoms with Crippen LogP contribution in [0.5, 0.6) is 5.75 Å². The zero-order valence-electron chi connectivity index (χ0n) is 22.3. The normalized spacial score (nSPS) is 18.8. The van der Waals surface area contributed by atoms with Crippen LogP contribution in [0.4, 0.5) is 14.6 Å². The lowest BCUT2D eigenvalue weighted by molar-refractivity contribution is -0.0566. The van der Waals surface area contributed by atoms with Gasteiger partial charge in [-0.3, -0.25) is 9.36 Å². The van der Waals surface area contributed by atoms with Crippen molar-refractivity contribution in [2.75, 3.05) is 11.9 Å². The van der Waals surface area contributed by atoms with E-state index < -0.39 is 23.3 Å². The second-order valence-corrected chi connectivity index (χ2v) is 10.7. The van der Waals surface area contributed by atoms with E-state index in [0.717, 1.165) is 53.4 Å². The molecule has 208 valence electrons. The molecule has 5 rings (SSSR count). The fourth-order valence-corrected chi connectivity index (χ4v) is 4.95. The van der Waals surface area contributed by atoms with Gasteiger partial charge in [-0.05, 0) is 58.6 Å². The number of nitrogens with one attached hydrogen (secondary N) is 1. The summed E-state index contributed by atoms with van der Waals surface area (Å²) in [5.41, 5.74) is 1.20. The van der Waals surface area contributed by atoms with Crippen LogP contribution in [0, 0.1) is 11.6 Å². The molecule has 9 nitrogen and oxygen atoms in total. The minimum Gasteiger partial charge on any atom is -0.487 e. The molecule has 3 N–H and O–H groups in total. The van der Waals surface area contributed by atoms with Gasteiger partial charge in [0, 0.05) is 42.0 Å². The van der Waals surface area contributed by atoms with Gasteiger partial charge in [-0.2, -0.15) is 10.2 Å². The standard InChI is InChI=1S/C28H34F2N6O3/c1-4-31-26-12-23-21(14-32-26)27(17-13-33-35(15-17)16-25(37)28(2,3)38)34-36(23)19-6-8-20(9-7-19)39-24-10-5-18(29)11-22(24)30/h5,10-15,19-20,25,37-38H,4,6-9,16H2,1-3H3,(H,31,32)/t19?,20?,25-/m1/s1. The third-order valence-corrected chi connectivity index (χ3v) is 7.21. The molecule has 0 aliphatic heterocycles. The summed E-state index contributed by atoms with van der Waals surface area (Å²) in [6.45, 7) is 6.00. The van der Waals surface area contributed by atoms with Crippen LogP contribution in [-0.4, -0.2) is 59.1 Å². The number of aliphatic hydroxyl groups is 2. The zero-order chi connectivity index (χ0) is 27.7. The summed E-state index contributed by atoms with van der Waals surface area (Å²) in [6.07, 6.45) is 7.13. The van der Waals surface area contributed by atoms with Crippen LogP contribution in [0.3, 0.4) is 0 Å². The predicted molar refractivity (Wildman–Crippen MR) is 143 cm³/mol. The average Bonchev–Trinajstić information content (AvgIpc) is 3.50. The highest BCUT2D eigenvalue weighted by Gasteiger charge is 2.28. The number of aliphatic hydroxyl groups excluding tert-OH is 1. The van der Waals surface area contributed by atoms with Gasteiger partial charge in [0.15, 0.2) is 11.6 Å². The number of fused-ring (bicyclic) bond motifs is 1. The van der Waals surface area contributed by atoms with E-state index in [9.17, 15) is 19.0 Å². The van der Waals surface area contributed by atoms with Crippen molar-refractivity contribution >= 4 is 16.7 Å². The van der Waals surface area contributed by atoms with Gasteiger partial charge in [0.05, 0.1) is 36.0 Å². The first-order chi connectivity index (χ1) is 18.6. The van der Waals surface area contributed by atoms with Crippen LogP contribution >= 0.6 is 0 Å². The molecule has 0 unspecified atom stereocenters. The number of hydrogen-bond donors (Lipinski definition) is 3. The van der Waals surface area contributed by atoms with Crippen molar-refractivity contribution in [2.45, 2.75) is 76.9 Å². The summed E-state index contributed by atoms with van der Waals surface area (Å²) >= 11 is 0. The Morgan fingerprint density at radius 1 is 1.15 bits per heavy atom. The van der Waals surface area contributed by atoms with Crippen LogP contribution in [-0.2, 0) is 6.54 Å². The van der Waals surface area contributed by atoms with Gasteiger partial charge in [0.25, 0.3) is 0 Å². The largest absolute Gasteiger partial charge is 0.487 e. The number of ether oxygens (including phenoxy) is 1. The molecule has 1 saturated carbocycles.